The van der Waals surface area contributed by atoms with E-state index in [4.69, 9.17) is 9.47 Å². The lowest BCUT2D eigenvalue weighted by molar-refractivity contribution is -0.119. The number of pyridine rings is 1. The van der Waals surface area contributed by atoms with E-state index in [0.29, 0.717) is 32.7 Å². The van der Waals surface area contributed by atoms with Crippen LogP contribution in [0.3, 0.4) is 0 Å². The highest BCUT2D eigenvalue weighted by molar-refractivity contribution is 7.90. The van der Waals surface area contributed by atoms with Crippen LogP contribution in [0.15, 0.2) is 29.2 Å². The van der Waals surface area contributed by atoms with Gasteiger partial charge in [0, 0.05) is 37.9 Å². The average Bonchev–Trinajstić information content (AvgIpc) is 3.44. The molecule has 15 heteroatoms. The van der Waals surface area contributed by atoms with Crippen molar-refractivity contribution in [3.8, 4) is 0 Å². The van der Waals surface area contributed by atoms with Crippen LogP contribution in [0.5, 0.6) is 0 Å². The molecule has 4 heterocycles. The molecule has 10 nitrogen and oxygen atoms in total. The maximum absolute atomic E-state index is 14.3. The minimum Gasteiger partial charge on any atom is -0.381 e. The van der Waals surface area contributed by atoms with Gasteiger partial charge in [-0.3, -0.25) is 9.36 Å². The summed E-state index contributed by atoms with van der Waals surface area (Å²) in [6.45, 7) is 1.44. The fourth-order valence-corrected chi connectivity index (χ4v) is 6.54. The molecule has 3 fully saturated rings. The van der Waals surface area contributed by atoms with Crippen LogP contribution >= 0.6 is 0 Å². The van der Waals surface area contributed by atoms with Crippen LogP contribution in [0.4, 0.5) is 34.8 Å². The summed E-state index contributed by atoms with van der Waals surface area (Å²) in [4.78, 5) is 21.0. The van der Waals surface area contributed by atoms with Crippen molar-refractivity contribution >= 4 is 44.1 Å². The standard InChI is InChI=1S/C28H31F4N5O5S/c1-43(39,40)20-11-15(16-5-4-9-41-14-16)7-8-18(20)33-19-12-21(35-27(38)17-13-28(17,31)32)34-25-23(19)36-26(24(29)30)37(25)22-6-2-3-10-42-22/h7-8,11-12,16-17,22,24H,2-6,9-10,13-14H2,1H3,(H2,33,34,35,38)/t16-,17?,22?/m0/s1. The molecule has 232 valence electrons. The summed E-state index contributed by atoms with van der Waals surface area (Å²) < 4.78 is 94.1. The Labute approximate surface area is 245 Å². The number of halogens is 4. The number of nitrogens with one attached hydrogen (secondary N) is 2. The third-order valence-electron chi connectivity index (χ3n) is 8.01. The number of nitrogens with zero attached hydrogens (tertiary/aromatic N) is 3. The minimum absolute atomic E-state index is 0.0121. The van der Waals surface area contributed by atoms with Gasteiger partial charge in [-0.25, -0.2) is 35.9 Å². The zero-order valence-electron chi connectivity index (χ0n) is 23.3. The summed E-state index contributed by atoms with van der Waals surface area (Å²) in [5, 5.41) is 5.37. The molecular weight excluding hydrogens is 594 g/mol. The molecule has 2 unspecified atom stereocenters. The fraction of sp³-hybridized carbons (Fsp3) is 0.536. The molecule has 3 atom stereocenters. The monoisotopic (exact) mass is 625 g/mol. The highest BCUT2D eigenvalue weighted by atomic mass is 32.2. The molecule has 2 aromatic heterocycles. The van der Waals surface area contributed by atoms with Crippen LogP contribution in [-0.2, 0) is 24.1 Å². The Morgan fingerprint density at radius 1 is 1.09 bits per heavy atom. The van der Waals surface area contributed by atoms with E-state index < -0.39 is 52.5 Å². The van der Waals surface area contributed by atoms with Gasteiger partial charge in [0.05, 0.1) is 22.9 Å². The second-order valence-corrected chi connectivity index (χ2v) is 13.2. The van der Waals surface area contributed by atoms with E-state index in [1.54, 1.807) is 18.2 Å². The Morgan fingerprint density at radius 2 is 1.88 bits per heavy atom. The molecule has 1 aliphatic carbocycles. The lowest BCUT2D eigenvalue weighted by atomic mass is 9.93. The number of fused-ring (bicyclic) bond motifs is 1. The Hall–Kier alpha value is -3.30. The molecule has 0 radical (unpaired) electrons. The summed E-state index contributed by atoms with van der Waals surface area (Å²) in [6, 6.07) is 6.17. The average molecular weight is 626 g/mol. The number of sulfone groups is 1. The number of hydrogen-bond donors (Lipinski definition) is 2. The van der Waals surface area contributed by atoms with Gasteiger partial charge in [0.1, 0.15) is 23.5 Å². The molecule has 6 rings (SSSR count). The number of hydrogen-bond acceptors (Lipinski definition) is 8. The van der Waals surface area contributed by atoms with E-state index >= 15 is 0 Å². The lowest BCUT2D eigenvalue weighted by Crippen LogP contribution is -2.21. The van der Waals surface area contributed by atoms with E-state index in [-0.39, 0.29) is 39.2 Å². The van der Waals surface area contributed by atoms with E-state index in [1.165, 1.54) is 6.07 Å². The second kappa shape index (κ2) is 11.3. The Kier molecular flexibility index (Phi) is 7.84. The Bertz CT molecular complexity index is 1650. The molecular formula is C28H31F4N5O5S. The smallest absolute Gasteiger partial charge is 0.295 e. The lowest BCUT2D eigenvalue weighted by Gasteiger charge is -2.25. The SMILES string of the molecule is CS(=O)(=O)c1cc([C@H]2CCCOC2)ccc1Nc1cc(NC(=O)C2CC2(F)F)nc2c1nc(C(F)F)n2C1CCCCO1. The van der Waals surface area contributed by atoms with Crippen LogP contribution in [0.1, 0.15) is 68.5 Å². The summed E-state index contributed by atoms with van der Waals surface area (Å²) in [7, 11) is -3.78. The number of alkyl halides is 4. The van der Waals surface area contributed by atoms with Gasteiger partial charge in [0.25, 0.3) is 12.3 Å². The van der Waals surface area contributed by atoms with Crippen LogP contribution in [0.25, 0.3) is 11.2 Å². The molecule has 2 N–H and O–H groups in total. The van der Waals surface area contributed by atoms with Crippen molar-refractivity contribution in [2.45, 2.75) is 67.9 Å². The van der Waals surface area contributed by atoms with Crippen LogP contribution in [0, 0.1) is 5.92 Å². The maximum Gasteiger partial charge on any atom is 0.295 e. The molecule has 0 spiro atoms. The number of ether oxygens (including phenoxy) is 2. The number of carbonyl (C=O) groups excluding carboxylic acids is 1. The molecule has 0 bridgehead atoms. The van der Waals surface area contributed by atoms with Crippen LogP contribution < -0.4 is 10.6 Å². The van der Waals surface area contributed by atoms with Gasteiger partial charge < -0.3 is 20.1 Å². The summed E-state index contributed by atoms with van der Waals surface area (Å²) in [5.74, 6) is -6.42. The number of benzene rings is 1. The minimum atomic E-state index is -3.78. The maximum atomic E-state index is 14.3. The largest absolute Gasteiger partial charge is 0.381 e. The van der Waals surface area contributed by atoms with Gasteiger partial charge in [-0.1, -0.05) is 6.07 Å². The van der Waals surface area contributed by atoms with Crippen LogP contribution in [-0.4, -0.2) is 60.9 Å². The van der Waals surface area contributed by atoms with Gasteiger partial charge in [0.15, 0.2) is 21.3 Å². The molecule has 2 aliphatic heterocycles. The highest BCUT2D eigenvalue weighted by Gasteiger charge is 2.61. The molecule has 3 aliphatic rings. The first-order valence-corrected chi connectivity index (χ1v) is 16.0. The van der Waals surface area contributed by atoms with Gasteiger partial charge in [-0.2, -0.15) is 0 Å². The number of amides is 1. The zero-order chi connectivity index (χ0) is 30.5. The van der Waals surface area contributed by atoms with Gasteiger partial charge >= 0.3 is 0 Å². The molecule has 43 heavy (non-hydrogen) atoms. The summed E-state index contributed by atoms with van der Waals surface area (Å²) >= 11 is 0. The molecule has 1 amide bonds. The molecule has 3 aromatic rings. The normalized spacial score (nSPS) is 23.8. The van der Waals surface area contributed by atoms with E-state index in [1.807, 2.05) is 0 Å². The van der Waals surface area contributed by atoms with Crippen LogP contribution in [0.2, 0.25) is 0 Å². The summed E-state index contributed by atoms with van der Waals surface area (Å²) in [5.41, 5.74) is 0.884. The predicted octanol–water partition coefficient (Wildman–Crippen LogP) is 5.70. The number of imidazole rings is 1. The fourth-order valence-electron chi connectivity index (χ4n) is 5.67. The van der Waals surface area contributed by atoms with Crippen molar-refractivity contribution in [1.29, 1.82) is 0 Å². The van der Waals surface area contributed by atoms with Crippen molar-refractivity contribution < 1.29 is 40.2 Å². The predicted molar refractivity (Wildman–Crippen MR) is 149 cm³/mol. The quantitative estimate of drug-likeness (QED) is 0.306. The van der Waals surface area contributed by atoms with Gasteiger partial charge in [-0.15, -0.1) is 0 Å². The number of aromatic nitrogens is 3. The molecule has 1 aromatic carbocycles. The van der Waals surface area contributed by atoms with E-state index in [9.17, 15) is 30.8 Å². The highest BCUT2D eigenvalue weighted by Crippen LogP contribution is 2.49. The first-order valence-electron chi connectivity index (χ1n) is 14.1. The number of anilines is 3. The third-order valence-corrected chi connectivity index (χ3v) is 9.15. The Balaban J connectivity index is 1.46. The van der Waals surface area contributed by atoms with Crippen molar-refractivity contribution in [3.05, 3.63) is 35.7 Å². The molecule has 2 saturated heterocycles. The van der Waals surface area contributed by atoms with Gasteiger partial charge in [-0.05, 0) is 49.8 Å². The molecule has 1 saturated carbocycles. The first-order chi connectivity index (χ1) is 20.4. The summed E-state index contributed by atoms with van der Waals surface area (Å²) in [6.07, 6.45) is 0.169. The zero-order valence-corrected chi connectivity index (χ0v) is 24.1. The van der Waals surface area contributed by atoms with Gasteiger partial charge in [0.2, 0.25) is 5.91 Å². The van der Waals surface area contributed by atoms with Crippen molar-refractivity contribution in [2.75, 3.05) is 36.7 Å². The number of rotatable bonds is 8. The number of carbonyl (C=O) groups is 1. The topological polar surface area (TPSA) is 124 Å². The second-order valence-electron chi connectivity index (χ2n) is 11.3. The van der Waals surface area contributed by atoms with Crippen molar-refractivity contribution in [3.63, 3.8) is 0 Å². The first kappa shape index (κ1) is 29.8. The third kappa shape index (κ3) is 6.07. The van der Waals surface area contributed by atoms with Crippen molar-refractivity contribution in [2.24, 2.45) is 5.92 Å². The van der Waals surface area contributed by atoms with E-state index in [2.05, 4.69) is 20.6 Å². The van der Waals surface area contributed by atoms with E-state index in [0.717, 1.165) is 35.6 Å². The van der Waals surface area contributed by atoms with Crippen molar-refractivity contribution in [1.82, 2.24) is 14.5 Å². The Morgan fingerprint density at radius 3 is 2.51 bits per heavy atom.